The molecule has 148 valence electrons. The molecule has 0 saturated carbocycles. The van der Waals surface area contributed by atoms with Gasteiger partial charge in [-0.05, 0) is 30.2 Å². The van der Waals surface area contributed by atoms with Crippen LogP contribution in [0.1, 0.15) is 5.56 Å². The first-order valence-corrected chi connectivity index (χ1v) is 11.4. The zero-order valence-corrected chi connectivity index (χ0v) is 17.2. The minimum absolute atomic E-state index is 0.0348. The highest BCUT2D eigenvalue weighted by Crippen LogP contribution is 2.35. The molecule has 0 unspecified atom stereocenters. The molecule has 0 aliphatic carbocycles. The molecule has 4 aromatic rings. The van der Waals surface area contributed by atoms with Crippen LogP contribution < -0.4 is 9.74 Å². The average Bonchev–Trinajstić information content (AvgIpc) is 3.06. The second-order valence-electron chi connectivity index (χ2n) is 6.50. The third-order valence-corrected chi connectivity index (χ3v) is 6.88. The normalized spacial score (nSPS) is 11.6. The molecule has 0 aliphatic rings. The van der Waals surface area contributed by atoms with Gasteiger partial charge in [0, 0.05) is 11.4 Å². The number of nitrogens with zero attached hydrogens (tertiary/aromatic N) is 2. The lowest BCUT2D eigenvalue weighted by Gasteiger charge is -2.08. The van der Waals surface area contributed by atoms with Crippen molar-refractivity contribution < 1.29 is 12.6 Å². The van der Waals surface area contributed by atoms with Gasteiger partial charge in [0.25, 0.3) is 5.56 Å². The first kappa shape index (κ1) is 19.4. The van der Waals surface area contributed by atoms with Gasteiger partial charge in [0.2, 0.25) is 0 Å². The Morgan fingerprint density at radius 1 is 1.03 bits per heavy atom. The van der Waals surface area contributed by atoms with Gasteiger partial charge in [0.05, 0.1) is 11.7 Å². The molecule has 4 rings (SSSR count). The maximum Gasteiger partial charge on any atom is 0.310 e. The van der Waals surface area contributed by atoms with Crippen molar-refractivity contribution in [3.63, 3.8) is 0 Å². The first-order chi connectivity index (χ1) is 13.9. The van der Waals surface area contributed by atoms with Crippen molar-refractivity contribution in [2.45, 2.75) is 13.5 Å². The van der Waals surface area contributed by atoms with Crippen LogP contribution in [0.15, 0.2) is 71.8 Å². The molecular weight excluding hydrogens is 408 g/mol. The van der Waals surface area contributed by atoms with Crippen molar-refractivity contribution in [1.29, 1.82) is 0 Å². The Bertz CT molecular complexity index is 1310. The Labute approximate surface area is 172 Å². The summed E-state index contributed by atoms with van der Waals surface area (Å²) < 4.78 is 30.9. The van der Waals surface area contributed by atoms with Crippen LogP contribution in [0.25, 0.3) is 20.7 Å². The van der Waals surface area contributed by atoms with Crippen LogP contribution in [-0.4, -0.2) is 23.7 Å². The minimum atomic E-state index is -3.84. The minimum Gasteiger partial charge on any atom is -0.382 e. The summed E-state index contributed by atoms with van der Waals surface area (Å²) in [6, 6.07) is 18.1. The molecule has 0 amide bonds. The average molecular weight is 427 g/mol. The number of thiophene rings is 1. The molecule has 0 aliphatic heterocycles. The maximum atomic E-state index is 13.0. The lowest BCUT2D eigenvalue weighted by atomic mass is 10.1. The number of para-hydroxylation sites is 1. The van der Waals surface area contributed by atoms with Crippen molar-refractivity contribution in [2.24, 2.45) is 0 Å². The third-order valence-electron chi connectivity index (χ3n) is 4.50. The van der Waals surface area contributed by atoms with E-state index in [9.17, 15) is 13.2 Å². The van der Waals surface area contributed by atoms with Gasteiger partial charge < -0.3 is 4.18 Å². The Balaban J connectivity index is 1.61. The Kier molecular flexibility index (Phi) is 5.21. The molecule has 6 nitrogen and oxygen atoms in total. The number of hydrogen-bond acceptors (Lipinski definition) is 6. The molecule has 0 saturated heterocycles. The lowest BCUT2D eigenvalue weighted by molar-refractivity contribution is 0.480. The SMILES string of the molecule is Cc1c(-c2ccccc2)sc2ncn(CCS(=O)(=O)Oc3ccccc3)c(=O)c12. The van der Waals surface area contributed by atoms with E-state index in [1.807, 2.05) is 37.3 Å². The molecule has 0 fully saturated rings. The molecule has 29 heavy (non-hydrogen) atoms. The summed E-state index contributed by atoms with van der Waals surface area (Å²) in [7, 11) is -3.84. The van der Waals surface area contributed by atoms with Gasteiger partial charge in [-0.15, -0.1) is 11.3 Å². The van der Waals surface area contributed by atoms with Gasteiger partial charge in [-0.25, -0.2) is 4.98 Å². The summed E-state index contributed by atoms with van der Waals surface area (Å²) in [6.45, 7) is 1.86. The molecule has 0 atom stereocenters. The predicted octanol–water partition coefficient (Wildman–Crippen LogP) is 3.84. The molecule has 0 radical (unpaired) electrons. The summed E-state index contributed by atoms with van der Waals surface area (Å²) >= 11 is 1.46. The van der Waals surface area contributed by atoms with Crippen LogP contribution in [0.5, 0.6) is 5.75 Å². The Morgan fingerprint density at radius 3 is 2.38 bits per heavy atom. The van der Waals surface area contributed by atoms with Crippen molar-refractivity contribution in [3.05, 3.63) is 82.9 Å². The largest absolute Gasteiger partial charge is 0.382 e. The van der Waals surface area contributed by atoms with E-state index in [2.05, 4.69) is 4.98 Å². The quantitative estimate of drug-likeness (QED) is 0.438. The number of fused-ring (bicyclic) bond motifs is 1. The summed E-state index contributed by atoms with van der Waals surface area (Å²) in [5, 5.41) is 0.526. The summed E-state index contributed by atoms with van der Waals surface area (Å²) in [5.74, 6) is -0.0846. The van der Waals surface area contributed by atoms with Crippen LogP contribution in [-0.2, 0) is 16.7 Å². The fourth-order valence-corrected chi connectivity index (χ4v) is 5.11. The van der Waals surface area contributed by atoms with Crippen LogP contribution in [0, 0.1) is 6.92 Å². The van der Waals surface area contributed by atoms with Crippen LogP contribution in [0.2, 0.25) is 0 Å². The van der Waals surface area contributed by atoms with Crippen LogP contribution in [0.4, 0.5) is 0 Å². The predicted molar refractivity (Wildman–Crippen MR) is 115 cm³/mol. The fourth-order valence-electron chi connectivity index (χ4n) is 3.06. The fraction of sp³-hybridized carbons (Fsp3) is 0.143. The summed E-state index contributed by atoms with van der Waals surface area (Å²) in [4.78, 5) is 19.0. The molecule has 8 heteroatoms. The van der Waals surface area contributed by atoms with Crippen molar-refractivity contribution in [2.75, 3.05) is 5.75 Å². The van der Waals surface area contributed by atoms with Gasteiger partial charge in [-0.1, -0.05) is 48.5 Å². The molecular formula is C21H18N2O4S2. The molecule has 2 aromatic carbocycles. The standard InChI is InChI=1S/C21H18N2O4S2/c1-15-18-20(28-19(15)16-8-4-2-5-9-16)22-14-23(21(18)24)12-13-29(25,26)27-17-10-6-3-7-11-17/h2-11,14H,12-13H2,1H3. The topological polar surface area (TPSA) is 78.3 Å². The highest BCUT2D eigenvalue weighted by Gasteiger charge is 2.18. The molecule has 2 heterocycles. The van der Waals surface area contributed by atoms with E-state index in [0.717, 1.165) is 16.0 Å². The Morgan fingerprint density at radius 2 is 1.69 bits per heavy atom. The van der Waals surface area contributed by atoms with E-state index < -0.39 is 10.1 Å². The second kappa shape index (κ2) is 7.81. The van der Waals surface area contributed by atoms with Gasteiger partial charge in [-0.2, -0.15) is 8.42 Å². The van der Waals surface area contributed by atoms with E-state index in [1.165, 1.54) is 22.2 Å². The third kappa shape index (κ3) is 4.08. The van der Waals surface area contributed by atoms with Crippen molar-refractivity contribution in [3.8, 4) is 16.2 Å². The zero-order valence-electron chi connectivity index (χ0n) is 15.6. The number of rotatable bonds is 6. The lowest BCUT2D eigenvalue weighted by Crippen LogP contribution is -2.26. The van der Waals surface area contributed by atoms with Crippen molar-refractivity contribution >= 4 is 31.7 Å². The summed E-state index contributed by atoms with van der Waals surface area (Å²) in [5.41, 5.74) is 1.63. The van der Waals surface area contributed by atoms with E-state index in [-0.39, 0.29) is 23.6 Å². The summed E-state index contributed by atoms with van der Waals surface area (Å²) in [6.07, 6.45) is 1.40. The Hall–Kier alpha value is -2.97. The van der Waals surface area contributed by atoms with E-state index >= 15 is 0 Å². The van der Waals surface area contributed by atoms with E-state index in [1.54, 1.807) is 30.3 Å². The first-order valence-electron chi connectivity index (χ1n) is 8.96. The van der Waals surface area contributed by atoms with Crippen LogP contribution in [0.3, 0.4) is 0 Å². The van der Waals surface area contributed by atoms with Gasteiger partial charge in [0.1, 0.15) is 16.3 Å². The monoisotopic (exact) mass is 426 g/mol. The molecule has 0 N–H and O–H groups in total. The van der Waals surface area contributed by atoms with Crippen LogP contribution >= 0.6 is 11.3 Å². The zero-order chi connectivity index (χ0) is 20.4. The number of hydrogen-bond donors (Lipinski definition) is 0. The van der Waals surface area contributed by atoms with Gasteiger partial charge in [-0.3, -0.25) is 9.36 Å². The number of aromatic nitrogens is 2. The second-order valence-corrected chi connectivity index (χ2v) is 9.19. The molecule has 0 spiro atoms. The highest BCUT2D eigenvalue weighted by molar-refractivity contribution is 7.87. The maximum absolute atomic E-state index is 13.0. The highest BCUT2D eigenvalue weighted by atomic mass is 32.2. The number of benzene rings is 2. The van der Waals surface area contributed by atoms with Crippen molar-refractivity contribution in [1.82, 2.24) is 9.55 Å². The number of aryl methyl sites for hydroxylation is 2. The van der Waals surface area contributed by atoms with E-state index in [0.29, 0.717) is 10.2 Å². The molecule has 2 aromatic heterocycles. The van der Waals surface area contributed by atoms with E-state index in [4.69, 9.17) is 4.18 Å². The van der Waals surface area contributed by atoms with Gasteiger partial charge in [0.15, 0.2) is 0 Å². The smallest absolute Gasteiger partial charge is 0.310 e. The van der Waals surface area contributed by atoms with Gasteiger partial charge >= 0.3 is 10.1 Å². The molecule has 0 bridgehead atoms.